The van der Waals surface area contributed by atoms with Gasteiger partial charge in [-0.05, 0) is 41.6 Å². The van der Waals surface area contributed by atoms with E-state index >= 15 is 0 Å². The second-order valence-electron chi connectivity index (χ2n) is 5.34. The van der Waals surface area contributed by atoms with Gasteiger partial charge in [0.15, 0.2) is 0 Å². The highest BCUT2D eigenvalue weighted by atomic mass is 79.9. The quantitative estimate of drug-likeness (QED) is 0.901. The lowest BCUT2D eigenvalue weighted by Gasteiger charge is -2.34. The number of halogens is 1. The van der Waals surface area contributed by atoms with Crippen LogP contribution in [0.15, 0.2) is 15.5 Å². The van der Waals surface area contributed by atoms with Gasteiger partial charge >= 0.3 is 0 Å². The van der Waals surface area contributed by atoms with E-state index in [-0.39, 0.29) is 5.56 Å². The normalized spacial score (nSPS) is 30.1. The van der Waals surface area contributed by atoms with Crippen LogP contribution in [-0.4, -0.2) is 28.5 Å². The molecule has 1 aromatic rings. The summed E-state index contributed by atoms with van der Waals surface area (Å²) in [6.45, 7) is 0.865. The van der Waals surface area contributed by atoms with Crippen LogP contribution in [0, 0.1) is 5.92 Å². The van der Waals surface area contributed by atoms with Gasteiger partial charge in [0.05, 0.1) is 18.0 Å². The summed E-state index contributed by atoms with van der Waals surface area (Å²) in [5, 5.41) is 7.56. The largest absolute Gasteiger partial charge is 0.380 e. The van der Waals surface area contributed by atoms with Crippen LogP contribution in [0.5, 0.6) is 0 Å². The number of aryl methyl sites for hydroxylation is 1. The van der Waals surface area contributed by atoms with Gasteiger partial charge in [-0.15, -0.1) is 0 Å². The lowest BCUT2D eigenvalue weighted by atomic mass is 9.82. The van der Waals surface area contributed by atoms with Crippen molar-refractivity contribution < 1.29 is 4.74 Å². The molecule has 3 atom stereocenters. The van der Waals surface area contributed by atoms with Gasteiger partial charge in [0, 0.05) is 25.6 Å². The number of nitrogens with one attached hydrogen (secondary N) is 1. The Morgan fingerprint density at radius 1 is 1.47 bits per heavy atom. The van der Waals surface area contributed by atoms with Gasteiger partial charge in [0.2, 0.25) is 0 Å². The standard InChI is InChI=1S/C13H18BrN3O2/c1-17-13(18)12(14)10(7-15-17)16-9-3-2-4-11-8(9)5-6-19-11/h7-9,11,16H,2-6H2,1H3. The number of nitrogens with zero attached hydrogens (tertiary/aromatic N) is 2. The molecular formula is C13H18BrN3O2. The van der Waals surface area contributed by atoms with E-state index in [0.29, 0.717) is 22.5 Å². The van der Waals surface area contributed by atoms with Crippen LogP contribution in [0.2, 0.25) is 0 Å². The first-order valence-corrected chi connectivity index (χ1v) is 7.56. The van der Waals surface area contributed by atoms with Crippen molar-refractivity contribution in [1.29, 1.82) is 0 Å². The van der Waals surface area contributed by atoms with Crippen LogP contribution in [-0.2, 0) is 11.8 Å². The Morgan fingerprint density at radius 3 is 3.16 bits per heavy atom. The third kappa shape index (κ3) is 2.43. The summed E-state index contributed by atoms with van der Waals surface area (Å²) in [4.78, 5) is 11.8. The molecule has 1 aliphatic heterocycles. The van der Waals surface area contributed by atoms with Crippen LogP contribution < -0.4 is 10.9 Å². The summed E-state index contributed by atoms with van der Waals surface area (Å²) < 4.78 is 7.66. The van der Waals surface area contributed by atoms with E-state index < -0.39 is 0 Å². The molecule has 1 aromatic heterocycles. The van der Waals surface area contributed by atoms with E-state index in [1.54, 1.807) is 13.2 Å². The number of hydrogen-bond acceptors (Lipinski definition) is 4. The topological polar surface area (TPSA) is 56.1 Å². The molecule has 5 nitrogen and oxygen atoms in total. The van der Waals surface area contributed by atoms with Crippen LogP contribution in [0.1, 0.15) is 25.7 Å². The zero-order valence-electron chi connectivity index (χ0n) is 10.9. The number of aromatic nitrogens is 2. The van der Waals surface area contributed by atoms with Crippen LogP contribution in [0.25, 0.3) is 0 Å². The predicted octanol–water partition coefficient (Wildman–Crippen LogP) is 1.91. The number of ether oxygens (including phenoxy) is 1. The number of fused-ring (bicyclic) bond motifs is 1. The zero-order chi connectivity index (χ0) is 13.4. The Kier molecular flexibility index (Phi) is 3.62. The number of anilines is 1. The molecule has 0 radical (unpaired) electrons. The Labute approximate surface area is 120 Å². The van der Waals surface area contributed by atoms with E-state index in [9.17, 15) is 4.79 Å². The Hall–Kier alpha value is -0.880. The van der Waals surface area contributed by atoms with Crippen molar-refractivity contribution in [3.63, 3.8) is 0 Å². The molecule has 1 N–H and O–H groups in total. The van der Waals surface area contributed by atoms with Crippen molar-refractivity contribution in [1.82, 2.24) is 9.78 Å². The molecule has 3 unspecified atom stereocenters. The highest BCUT2D eigenvalue weighted by Gasteiger charge is 2.37. The zero-order valence-corrected chi connectivity index (χ0v) is 12.5. The molecule has 104 valence electrons. The predicted molar refractivity (Wildman–Crippen MR) is 76.3 cm³/mol. The first kappa shape index (κ1) is 13.1. The molecule has 19 heavy (non-hydrogen) atoms. The van der Waals surface area contributed by atoms with Crippen molar-refractivity contribution in [3.05, 3.63) is 21.0 Å². The Balaban J connectivity index is 1.81. The highest BCUT2D eigenvalue weighted by Crippen LogP contribution is 2.36. The molecule has 6 heteroatoms. The minimum atomic E-state index is -0.111. The lowest BCUT2D eigenvalue weighted by molar-refractivity contribution is 0.0620. The molecule has 0 bridgehead atoms. The SMILES string of the molecule is Cn1ncc(NC2CCCC3OCCC23)c(Br)c1=O. The maximum atomic E-state index is 11.8. The summed E-state index contributed by atoms with van der Waals surface area (Å²) in [5.74, 6) is 0.560. The monoisotopic (exact) mass is 327 g/mol. The Morgan fingerprint density at radius 2 is 2.32 bits per heavy atom. The summed E-state index contributed by atoms with van der Waals surface area (Å²) in [6, 6.07) is 0.381. The van der Waals surface area contributed by atoms with Crippen molar-refractivity contribution in [2.45, 2.75) is 37.8 Å². The van der Waals surface area contributed by atoms with Gasteiger partial charge in [-0.2, -0.15) is 5.10 Å². The van der Waals surface area contributed by atoms with Gasteiger partial charge in [-0.25, -0.2) is 4.68 Å². The smallest absolute Gasteiger partial charge is 0.282 e. The molecule has 3 rings (SSSR count). The minimum Gasteiger partial charge on any atom is -0.380 e. The number of rotatable bonds is 2. The molecule has 0 aromatic carbocycles. The maximum Gasteiger partial charge on any atom is 0.282 e. The third-order valence-electron chi connectivity index (χ3n) is 4.20. The van der Waals surface area contributed by atoms with Crippen LogP contribution in [0.3, 0.4) is 0 Å². The van der Waals surface area contributed by atoms with E-state index in [2.05, 4.69) is 26.3 Å². The fourth-order valence-electron chi connectivity index (χ4n) is 3.17. The second kappa shape index (κ2) is 5.25. The second-order valence-corrected chi connectivity index (χ2v) is 6.14. The molecule has 1 saturated heterocycles. The number of hydrogen-bond donors (Lipinski definition) is 1. The molecule has 2 aliphatic rings. The van der Waals surface area contributed by atoms with E-state index in [1.807, 2.05) is 0 Å². The first-order chi connectivity index (χ1) is 9.16. The van der Waals surface area contributed by atoms with Crippen molar-refractivity contribution in [2.75, 3.05) is 11.9 Å². The van der Waals surface area contributed by atoms with Crippen molar-refractivity contribution in [3.8, 4) is 0 Å². The van der Waals surface area contributed by atoms with Crippen molar-refractivity contribution in [2.24, 2.45) is 13.0 Å². The maximum absolute atomic E-state index is 11.8. The fourth-order valence-corrected chi connectivity index (χ4v) is 3.64. The van der Waals surface area contributed by atoms with Gasteiger partial charge in [-0.3, -0.25) is 4.79 Å². The summed E-state index contributed by atoms with van der Waals surface area (Å²) in [7, 11) is 1.65. The molecule has 2 fully saturated rings. The van der Waals surface area contributed by atoms with Gasteiger partial charge in [0.25, 0.3) is 5.56 Å². The molecule has 0 amide bonds. The molecule has 1 saturated carbocycles. The van der Waals surface area contributed by atoms with E-state index in [0.717, 1.165) is 25.1 Å². The van der Waals surface area contributed by atoms with Crippen molar-refractivity contribution >= 4 is 21.6 Å². The minimum absolute atomic E-state index is 0.111. The summed E-state index contributed by atoms with van der Waals surface area (Å²) in [5.41, 5.74) is 0.681. The summed E-state index contributed by atoms with van der Waals surface area (Å²) in [6.07, 6.45) is 6.69. The van der Waals surface area contributed by atoms with E-state index in [1.165, 1.54) is 17.5 Å². The van der Waals surface area contributed by atoms with Crippen LogP contribution in [0.4, 0.5) is 5.69 Å². The van der Waals surface area contributed by atoms with Crippen LogP contribution >= 0.6 is 15.9 Å². The average Bonchev–Trinajstić information content (AvgIpc) is 2.89. The van der Waals surface area contributed by atoms with Gasteiger partial charge in [0.1, 0.15) is 4.47 Å². The van der Waals surface area contributed by atoms with Gasteiger partial charge < -0.3 is 10.1 Å². The summed E-state index contributed by atoms with van der Waals surface area (Å²) >= 11 is 3.36. The highest BCUT2D eigenvalue weighted by molar-refractivity contribution is 9.10. The molecule has 1 aliphatic carbocycles. The fraction of sp³-hybridized carbons (Fsp3) is 0.692. The average molecular weight is 328 g/mol. The lowest BCUT2D eigenvalue weighted by Crippen LogP contribution is -2.38. The molecule has 0 spiro atoms. The third-order valence-corrected chi connectivity index (χ3v) is 4.97. The van der Waals surface area contributed by atoms with E-state index in [4.69, 9.17) is 4.74 Å². The molecular weight excluding hydrogens is 310 g/mol. The Bertz CT molecular complexity index is 531. The van der Waals surface area contributed by atoms with Gasteiger partial charge in [-0.1, -0.05) is 0 Å². The first-order valence-electron chi connectivity index (χ1n) is 6.77. The molecule has 2 heterocycles.